The van der Waals surface area contributed by atoms with Crippen molar-refractivity contribution in [3.63, 3.8) is 0 Å². The third-order valence-corrected chi connectivity index (χ3v) is 4.10. The first kappa shape index (κ1) is 16.7. The Hall–Kier alpha value is -1.36. The van der Waals surface area contributed by atoms with Crippen LogP contribution in [0.4, 0.5) is 0 Å². The summed E-state index contributed by atoms with van der Waals surface area (Å²) in [6.07, 6.45) is 1.34. The molecule has 0 saturated heterocycles. The second kappa shape index (κ2) is 7.43. The van der Waals surface area contributed by atoms with Crippen molar-refractivity contribution in [1.82, 2.24) is 5.32 Å². The van der Waals surface area contributed by atoms with Crippen LogP contribution in [-0.4, -0.2) is 23.5 Å². The van der Waals surface area contributed by atoms with Crippen LogP contribution in [0.5, 0.6) is 0 Å². The first-order valence-electron chi connectivity index (χ1n) is 6.64. The number of carboxylic acids is 1. The quantitative estimate of drug-likeness (QED) is 0.834. The Morgan fingerprint density at radius 3 is 2.50 bits per heavy atom. The fourth-order valence-corrected chi connectivity index (χ4v) is 2.46. The van der Waals surface area contributed by atoms with Gasteiger partial charge in [0.15, 0.2) is 0 Å². The molecule has 0 aliphatic heterocycles. The average molecular weight is 342 g/mol. The molecule has 1 aromatic rings. The first-order valence-corrected chi connectivity index (χ1v) is 7.43. The molecule has 0 aromatic heterocycles. The minimum absolute atomic E-state index is 0.163. The van der Waals surface area contributed by atoms with Crippen LogP contribution in [0.15, 0.2) is 16.6 Å². The van der Waals surface area contributed by atoms with Crippen LogP contribution < -0.4 is 5.32 Å². The van der Waals surface area contributed by atoms with Crippen LogP contribution in [0.25, 0.3) is 0 Å². The van der Waals surface area contributed by atoms with E-state index in [2.05, 4.69) is 21.2 Å². The van der Waals surface area contributed by atoms with Crippen molar-refractivity contribution in [2.75, 3.05) is 6.54 Å². The number of carboxylic acid groups (broad SMARTS) is 1. The topological polar surface area (TPSA) is 66.4 Å². The molecule has 1 rings (SSSR count). The van der Waals surface area contributed by atoms with E-state index in [9.17, 15) is 9.59 Å². The van der Waals surface area contributed by atoms with E-state index in [0.717, 1.165) is 22.0 Å². The van der Waals surface area contributed by atoms with Crippen LogP contribution in [-0.2, 0) is 4.79 Å². The lowest BCUT2D eigenvalue weighted by molar-refractivity contribution is -0.141. The Bertz CT molecular complexity index is 514. The number of rotatable bonds is 6. The lowest BCUT2D eigenvalue weighted by Crippen LogP contribution is -2.33. The van der Waals surface area contributed by atoms with E-state index < -0.39 is 11.9 Å². The molecule has 0 aliphatic carbocycles. The zero-order valence-corrected chi connectivity index (χ0v) is 13.6. The fourth-order valence-electron chi connectivity index (χ4n) is 2.00. The van der Waals surface area contributed by atoms with Gasteiger partial charge in [-0.1, -0.05) is 29.3 Å². The maximum atomic E-state index is 12.1. The highest BCUT2D eigenvalue weighted by molar-refractivity contribution is 9.10. The number of aliphatic carboxylic acids is 1. The van der Waals surface area contributed by atoms with Crippen molar-refractivity contribution < 1.29 is 14.7 Å². The van der Waals surface area contributed by atoms with E-state index in [4.69, 9.17) is 5.11 Å². The second-order valence-electron chi connectivity index (χ2n) is 4.95. The van der Waals surface area contributed by atoms with Gasteiger partial charge in [-0.3, -0.25) is 9.59 Å². The van der Waals surface area contributed by atoms with Crippen molar-refractivity contribution >= 4 is 27.8 Å². The molecule has 0 radical (unpaired) electrons. The zero-order valence-electron chi connectivity index (χ0n) is 12.0. The SMILES string of the molecule is CCCC(CNC(=O)c1cc(C)c(Br)cc1C)C(=O)O. The van der Waals surface area contributed by atoms with E-state index in [1.807, 2.05) is 32.9 Å². The molecular weight excluding hydrogens is 322 g/mol. The van der Waals surface area contributed by atoms with Crippen LogP contribution in [0.1, 0.15) is 41.3 Å². The van der Waals surface area contributed by atoms with E-state index in [1.54, 1.807) is 0 Å². The van der Waals surface area contributed by atoms with Crippen molar-refractivity contribution in [3.8, 4) is 0 Å². The summed E-state index contributed by atoms with van der Waals surface area (Å²) in [6.45, 7) is 5.87. The van der Waals surface area contributed by atoms with Gasteiger partial charge in [0.1, 0.15) is 0 Å². The fraction of sp³-hybridized carbons (Fsp3) is 0.467. The number of halogens is 1. The number of benzene rings is 1. The third-order valence-electron chi connectivity index (χ3n) is 3.25. The molecule has 0 spiro atoms. The molecule has 1 amide bonds. The van der Waals surface area contributed by atoms with Gasteiger partial charge in [0.2, 0.25) is 0 Å². The molecular formula is C15H20BrNO3. The Kier molecular flexibility index (Phi) is 6.20. The van der Waals surface area contributed by atoms with Crippen molar-refractivity contribution in [2.45, 2.75) is 33.6 Å². The monoisotopic (exact) mass is 341 g/mol. The molecule has 20 heavy (non-hydrogen) atoms. The van der Waals surface area contributed by atoms with Crippen molar-refractivity contribution in [3.05, 3.63) is 33.3 Å². The molecule has 0 fully saturated rings. The Labute approximate surface area is 127 Å². The van der Waals surface area contributed by atoms with Crippen LogP contribution >= 0.6 is 15.9 Å². The minimum atomic E-state index is -0.865. The summed E-state index contributed by atoms with van der Waals surface area (Å²) in [7, 11) is 0. The van der Waals surface area contributed by atoms with E-state index in [-0.39, 0.29) is 12.5 Å². The maximum absolute atomic E-state index is 12.1. The highest BCUT2D eigenvalue weighted by atomic mass is 79.9. The van der Waals surface area contributed by atoms with Gasteiger partial charge in [0.25, 0.3) is 5.91 Å². The molecule has 5 heteroatoms. The number of hydrogen-bond donors (Lipinski definition) is 2. The molecule has 0 saturated carbocycles. The van der Waals surface area contributed by atoms with Gasteiger partial charge in [-0.15, -0.1) is 0 Å². The lowest BCUT2D eigenvalue weighted by Gasteiger charge is -2.14. The normalized spacial score (nSPS) is 12.0. The van der Waals surface area contributed by atoms with E-state index in [0.29, 0.717) is 12.0 Å². The minimum Gasteiger partial charge on any atom is -0.481 e. The molecule has 1 unspecified atom stereocenters. The summed E-state index contributed by atoms with van der Waals surface area (Å²) in [6, 6.07) is 3.70. The lowest BCUT2D eigenvalue weighted by atomic mass is 10.0. The summed E-state index contributed by atoms with van der Waals surface area (Å²) >= 11 is 3.42. The third kappa shape index (κ3) is 4.34. The zero-order chi connectivity index (χ0) is 15.3. The van der Waals surface area contributed by atoms with E-state index in [1.165, 1.54) is 0 Å². The Morgan fingerprint density at radius 1 is 1.30 bits per heavy atom. The summed E-state index contributed by atoms with van der Waals surface area (Å²) in [5.41, 5.74) is 2.43. The largest absolute Gasteiger partial charge is 0.481 e. The smallest absolute Gasteiger partial charge is 0.308 e. The summed E-state index contributed by atoms with van der Waals surface area (Å²) in [4.78, 5) is 23.2. The maximum Gasteiger partial charge on any atom is 0.308 e. The van der Waals surface area contributed by atoms with Gasteiger partial charge in [-0.25, -0.2) is 0 Å². The highest BCUT2D eigenvalue weighted by Gasteiger charge is 2.18. The van der Waals surface area contributed by atoms with E-state index >= 15 is 0 Å². The standard InChI is InChI=1S/C15H20BrNO3/c1-4-5-11(15(19)20)8-17-14(18)12-6-10(3)13(16)7-9(12)2/h6-7,11H,4-5,8H2,1-3H3,(H,17,18)(H,19,20). The van der Waals surface area contributed by atoms with Crippen molar-refractivity contribution in [2.24, 2.45) is 5.92 Å². The van der Waals surface area contributed by atoms with Gasteiger partial charge in [-0.05, 0) is 43.5 Å². The average Bonchev–Trinajstić information content (AvgIpc) is 2.38. The number of hydrogen-bond acceptors (Lipinski definition) is 2. The summed E-state index contributed by atoms with van der Waals surface area (Å²) in [5.74, 6) is -1.61. The molecule has 0 heterocycles. The van der Waals surface area contributed by atoms with Crippen molar-refractivity contribution in [1.29, 1.82) is 0 Å². The van der Waals surface area contributed by atoms with Crippen LogP contribution in [0, 0.1) is 19.8 Å². The number of aryl methyl sites for hydroxylation is 2. The molecule has 1 atom stereocenters. The van der Waals surface area contributed by atoms with Crippen LogP contribution in [0.2, 0.25) is 0 Å². The summed E-state index contributed by atoms with van der Waals surface area (Å²) < 4.78 is 0.959. The van der Waals surface area contributed by atoms with Gasteiger partial charge in [0.05, 0.1) is 5.92 Å². The van der Waals surface area contributed by atoms with Gasteiger partial charge in [-0.2, -0.15) is 0 Å². The number of carbonyl (C=O) groups excluding carboxylic acids is 1. The summed E-state index contributed by atoms with van der Waals surface area (Å²) in [5, 5.41) is 11.8. The Morgan fingerprint density at radius 2 is 1.95 bits per heavy atom. The van der Waals surface area contributed by atoms with Crippen LogP contribution in [0.3, 0.4) is 0 Å². The molecule has 0 bridgehead atoms. The second-order valence-corrected chi connectivity index (χ2v) is 5.80. The predicted molar refractivity (Wildman–Crippen MR) is 82.0 cm³/mol. The Balaban J connectivity index is 2.76. The molecule has 2 N–H and O–H groups in total. The van der Waals surface area contributed by atoms with Gasteiger partial charge < -0.3 is 10.4 Å². The van der Waals surface area contributed by atoms with Gasteiger partial charge >= 0.3 is 5.97 Å². The highest BCUT2D eigenvalue weighted by Crippen LogP contribution is 2.21. The van der Waals surface area contributed by atoms with Gasteiger partial charge in [0, 0.05) is 16.6 Å². The first-order chi connectivity index (χ1) is 9.36. The molecule has 0 aliphatic rings. The number of carbonyl (C=O) groups is 2. The number of amides is 1. The number of nitrogens with one attached hydrogen (secondary N) is 1. The molecule has 110 valence electrons. The molecule has 4 nitrogen and oxygen atoms in total. The molecule has 1 aromatic carbocycles. The predicted octanol–water partition coefficient (Wildman–Crippen LogP) is 3.30.